The van der Waals surface area contributed by atoms with Crippen molar-refractivity contribution in [2.24, 2.45) is 5.73 Å². The molecule has 0 bridgehead atoms. The summed E-state index contributed by atoms with van der Waals surface area (Å²) in [4.78, 5) is 24.1. The van der Waals surface area contributed by atoms with Gasteiger partial charge in [0.05, 0.1) is 5.56 Å². The van der Waals surface area contributed by atoms with Crippen molar-refractivity contribution in [2.45, 2.75) is 12.5 Å². The van der Waals surface area contributed by atoms with Crippen molar-refractivity contribution in [1.29, 1.82) is 0 Å². The molecule has 5 nitrogen and oxygen atoms in total. The van der Waals surface area contributed by atoms with Crippen molar-refractivity contribution in [1.82, 2.24) is 0 Å². The second-order valence-electron chi connectivity index (χ2n) is 3.94. The van der Waals surface area contributed by atoms with Crippen LogP contribution in [-0.4, -0.2) is 29.6 Å². The highest BCUT2D eigenvalue weighted by Crippen LogP contribution is 2.26. The number of rotatable bonds is 2. The molecule has 90 valence electrons. The average Bonchev–Trinajstić information content (AvgIpc) is 2.58. The minimum Gasteiger partial charge on any atom is -0.478 e. The molecule has 0 aliphatic carbocycles. The topological polar surface area (TPSA) is 83.6 Å². The number of halogens is 1. The molecule has 0 spiro atoms. The summed E-state index contributed by atoms with van der Waals surface area (Å²) in [6.45, 7) is 0.430. The van der Waals surface area contributed by atoms with Crippen LogP contribution in [-0.2, 0) is 4.79 Å². The van der Waals surface area contributed by atoms with Crippen LogP contribution in [0.3, 0.4) is 0 Å². The molecule has 1 aliphatic rings. The zero-order valence-corrected chi connectivity index (χ0v) is 10.5. The Labute approximate surface area is 106 Å². The first-order valence-electron chi connectivity index (χ1n) is 5.08. The van der Waals surface area contributed by atoms with Crippen LogP contribution >= 0.6 is 15.9 Å². The van der Waals surface area contributed by atoms with E-state index >= 15 is 0 Å². The van der Waals surface area contributed by atoms with Gasteiger partial charge in [-0.1, -0.05) is 0 Å². The third-order valence-electron chi connectivity index (χ3n) is 2.65. The summed E-state index contributed by atoms with van der Waals surface area (Å²) in [6.07, 6.45) is 0.304. The minimum absolute atomic E-state index is 0.0730. The van der Waals surface area contributed by atoms with Gasteiger partial charge in [0, 0.05) is 29.2 Å². The van der Waals surface area contributed by atoms with Crippen molar-refractivity contribution >= 4 is 33.5 Å². The summed E-state index contributed by atoms with van der Waals surface area (Å²) < 4.78 is 0.490. The van der Waals surface area contributed by atoms with Gasteiger partial charge in [0.2, 0.25) is 5.91 Å². The van der Waals surface area contributed by atoms with Gasteiger partial charge in [-0.05, 0) is 34.1 Å². The van der Waals surface area contributed by atoms with Gasteiger partial charge < -0.3 is 15.7 Å². The Morgan fingerprint density at radius 3 is 2.76 bits per heavy atom. The summed E-state index contributed by atoms with van der Waals surface area (Å²) in [6, 6.07) is 4.62. The summed E-state index contributed by atoms with van der Waals surface area (Å²) in [7, 11) is 0. The van der Waals surface area contributed by atoms with Gasteiger partial charge in [0.1, 0.15) is 0 Å². The smallest absolute Gasteiger partial charge is 0.336 e. The number of anilines is 1. The van der Waals surface area contributed by atoms with E-state index in [0.717, 1.165) is 0 Å². The zero-order chi connectivity index (χ0) is 12.6. The molecule has 1 aromatic carbocycles. The van der Waals surface area contributed by atoms with Gasteiger partial charge in [0.15, 0.2) is 0 Å². The predicted octanol–water partition coefficient (Wildman–Crippen LogP) is 1.21. The average molecular weight is 299 g/mol. The van der Waals surface area contributed by atoms with E-state index in [2.05, 4.69) is 15.9 Å². The highest BCUT2D eigenvalue weighted by molar-refractivity contribution is 9.10. The quantitative estimate of drug-likeness (QED) is 0.860. The number of carbonyl (C=O) groups excluding carboxylic acids is 1. The molecule has 1 aliphatic heterocycles. The largest absolute Gasteiger partial charge is 0.478 e. The molecule has 1 amide bonds. The van der Waals surface area contributed by atoms with Crippen molar-refractivity contribution < 1.29 is 14.7 Å². The number of benzene rings is 1. The second-order valence-corrected chi connectivity index (χ2v) is 4.79. The third kappa shape index (κ3) is 2.32. The lowest BCUT2D eigenvalue weighted by atomic mass is 10.2. The van der Waals surface area contributed by atoms with Gasteiger partial charge in [-0.2, -0.15) is 0 Å². The number of carboxylic acids is 1. The molecular weight excluding hydrogens is 288 g/mol. The number of hydrogen-bond acceptors (Lipinski definition) is 3. The van der Waals surface area contributed by atoms with Crippen LogP contribution in [0.5, 0.6) is 0 Å². The summed E-state index contributed by atoms with van der Waals surface area (Å²) in [5.41, 5.74) is 6.40. The molecule has 1 heterocycles. The van der Waals surface area contributed by atoms with E-state index in [1.165, 1.54) is 11.0 Å². The Hall–Kier alpha value is -1.40. The SMILES string of the molecule is NC1CC(=O)N(c2ccc(Br)c(C(=O)O)c2)C1. The van der Waals surface area contributed by atoms with E-state index in [9.17, 15) is 9.59 Å². The van der Waals surface area contributed by atoms with E-state index in [-0.39, 0.29) is 17.5 Å². The predicted molar refractivity (Wildman–Crippen MR) is 66.0 cm³/mol. The lowest BCUT2D eigenvalue weighted by Gasteiger charge is -2.16. The maximum absolute atomic E-state index is 11.6. The maximum atomic E-state index is 11.6. The fourth-order valence-electron chi connectivity index (χ4n) is 1.83. The highest BCUT2D eigenvalue weighted by atomic mass is 79.9. The third-order valence-corrected chi connectivity index (χ3v) is 3.34. The first-order valence-corrected chi connectivity index (χ1v) is 5.87. The first kappa shape index (κ1) is 12.1. The Morgan fingerprint density at radius 1 is 1.53 bits per heavy atom. The molecule has 3 N–H and O–H groups in total. The standard InChI is InChI=1S/C11H11BrN2O3/c12-9-2-1-7(4-8(9)11(16)17)14-5-6(13)3-10(14)15/h1-2,4,6H,3,5,13H2,(H,16,17). The number of hydrogen-bond donors (Lipinski definition) is 2. The Morgan fingerprint density at radius 2 is 2.24 bits per heavy atom. The molecule has 1 aromatic rings. The number of aromatic carboxylic acids is 1. The van der Waals surface area contributed by atoms with Crippen LogP contribution in [0, 0.1) is 0 Å². The molecule has 1 saturated heterocycles. The fraction of sp³-hybridized carbons (Fsp3) is 0.273. The van der Waals surface area contributed by atoms with E-state index in [1.807, 2.05) is 0 Å². The number of amides is 1. The maximum Gasteiger partial charge on any atom is 0.336 e. The number of nitrogens with zero attached hydrogens (tertiary/aromatic N) is 1. The first-order chi connectivity index (χ1) is 7.99. The lowest BCUT2D eigenvalue weighted by Crippen LogP contribution is -2.28. The normalized spacial score (nSPS) is 19.8. The second kappa shape index (κ2) is 4.46. The van der Waals surface area contributed by atoms with Crippen LogP contribution in [0.25, 0.3) is 0 Å². The van der Waals surface area contributed by atoms with Crippen LogP contribution in [0.2, 0.25) is 0 Å². The molecule has 1 fully saturated rings. The van der Waals surface area contributed by atoms with Crippen molar-refractivity contribution in [2.75, 3.05) is 11.4 Å². The molecule has 17 heavy (non-hydrogen) atoms. The Balaban J connectivity index is 2.37. The monoisotopic (exact) mass is 298 g/mol. The van der Waals surface area contributed by atoms with Crippen LogP contribution in [0.15, 0.2) is 22.7 Å². The van der Waals surface area contributed by atoms with Crippen LogP contribution in [0.4, 0.5) is 5.69 Å². The molecule has 1 atom stereocenters. The van der Waals surface area contributed by atoms with Gasteiger partial charge in [0.25, 0.3) is 0 Å². The van der Waals surface area contributed by atoms with Crippen molar-refractivity contribution in [3.05, 3.63) is 28.2 Å². The van der Waals surface area contributed by atoms with Crippen LogP contribution < -0.4 is 10.6 Å². The molecule has 0 saturated carbocycles. The van der Waals surface area contributed by atoms with E-state index < -0.39 is 5.97 Å². The van der Waals surface area contributed by atoms with Gasteiger partial charge in [-0.25, -0.2) is 4.79 Å². The van der Waals surface area contributed by atoms with Gasteiger partial charge in [-0.3, -0.25) is 4.79 Å². The minimum atomic E-state index is -1.03. The Bertz CT molecular complexity index is 490. The number of nitrogens with two attached hydrogens (primary N) is 1. The van der Waals surface area contributed by atoms with Crippen molar-refractivity contribution in [3.63, 3.8) is 0 Å². The molecule has 2 rings (SSSR count). The van der Waals surface area contributed by atoms with Gasteiger partial charge in [-0.15, -0.1) is 0 Å². The lowest BCUT2D eigenvalue weighted by molar-refractivity contribution is -0.117. The molecule has 6 heteroatoms. The molecule has 0 radical (unpaired) electrons. The molecular formula is C11H11BrN2O3. The van der Waals surface area contributed by atoms with Gasteiger partial charge >= 0.3 is 5.97 Å². The van der Waals surface area contributed by atoms with Crippen molar-refractivity contribution in [3.8, 4) is 0 Å². The number of carbonyl (C=O) groups is 2. The molecule has 0 aromatic heterocycles. The van der Waals surface area contributed by atoms with E-state index in [1.54, 1.807) is 12.1 Å². The Kier molecular flexibility index (Phi) is 3.17. The zero-order valence-electron chi connectivity index (χ0n) is 8.89. The highest BCUT2D eigenvalue weighted by Gasteiger charge is 2.28. The number of carboxylic acid groups (broad SMARTS) is 1. The van der Waals surface area contributed by atoms with E-state index in [4.69, 9.17) is 10.8 Å². The summed E-state index contributed by atoms with van der Waals surface area (Å²) in [5, 5.41) is 8.99. The fourth-order valence-corrected chi connectivity index (χ4v) is 2.25. The summed E-state index contributed by atoms with van der Waals surface area (Å²) in [5.74, 6) is -1.11. The summed E-state index contributed by atoms with van der Waals surface area (Å²) >= 11 is 3.16. The molecule has 1 unspecified atom stereocenters. The van der Waals surface area contributed by atoms with E-state index in [0.29, 0.717) is 23.1 Å². The van der Waals surface area contributed by atoms with Crippen LogP contribution in [0.1, 0.15) is 16.8 Å².